The van der Waals surface area contributed by atoms with E-state index in [4.69, 9.17) is 9.47 Å². The van der Waals surface area contributed by atoms with Crippen molar-refractivity contribution in [3.8, 4) is 28.6 Å². The second-order valence-electron chi connectivity index (χ2n) is 6.67. The molecule has 8 nitrogen and oxygen atoms in total. The number of carbonyl (C=O) groups is 1. The third-order valence-electron chi connectivity index (χ3n) is 4.60. The molecule has 0 atom stereocenters. The summed E-state index contributed by atoms with van der Waals surface area (Å²) in [5.41, 5.74) is 3.18. The smallest absolute Gasteiger partial charge is 0.248 e. The number of phenolic OH excluding ortho intramolecular Hbond substituents is 1. The lowest BCUT2D eigenvalue weighted by molar-refractivity contribution is -0.117. The number of phenols is 1. The minimum atomic E-state index is -0.0896. The Kier molecular flexibility index (Phi) is 6.56. The molecule has 3 N–H and O–H groups in total. The number of nitrogens with one attached hydrogen (secondary N) is 2. The van der Waals surface area contributed by atoms with Gasteiger partial charge in [0.05, 0.1) is 24.6 Å². The van der Waals surface area contributed by atoms with Crippen LogP contribution < -0.4 is 20.1 Å². The maximum atomic E-state index is 11.8. The predicted molar refractivity (Wildman–Crippen MR) is 114 cm³/mol. The van der Waals surface area contributed by atoms with Gasteiger partial charge in [0.1, 0.15) is 0 Å². The number of rotatable bonds is 8. The zero-order chi connectivity index (χ0) is 21.7. The van der Waals surface area contributed by atoms with Gasteiger partial charge in [-0.25, -0.2) is 9.97 Å². The summed E-state index contributed by atoms with van der Waals surface area (Å²) in [7, 11) is 0. The highest BCUT2D eigenvalue weighted by Crippen LogP contribution is 2.40. The number of benzene rings is 1. The second-order valence-corrected chi connectivity index (χ2v) is 6.67. The number of carbonyl (C=O) groups excluding carboxylic acids is 1. The molecule has 0 radical (unpaired) electrons. The van der Waals surface area contributed by atoms with Gasteiger partial charge in [0, 0.05) is 36.0 Å². The van der Waals surface area contributed by atoms with Gasteiger partial charge in [0.15, 0.2) is 17.3 Å². The first kappa shape index (κ1) is 21.2. The summed E-state index contributed by atoms with van der Waals surface area (Å²) in [5, 5.41) is 16.4. The minimum Gasteiger partial charge on any atom is -0.504 e. The van der Waals surface area contributed by atoms with E-state index in [1.807, 2.05) is 13.8 Å². The van der Waals surface area contributed by atoms with E-state index in [-0.39, 0.29) is 11.7 Å². The maximum Gasteiger partial charge on any atom is 0.248 e. The number of aromatic hydroxyl groups is 1. The van der Waals surface area contributed by atoms with Crippen molar-refractivity contribution in [3.63, 3.8) is 0 Å². The number of ether oxygens (including phenoxy) is 2. The Bertz CT molecular complexity index is 1000. The van der Waals surface area contributed by atoms with Gasteiger partial charge < -0.3 is 25.2 Å². The van der Waals surface area contributed by atoms with E-state index >= 15 is 0 Å². The molecule has 1 aromatic heterocycles. The van der Waals surface area contributed by atoms with Crippen LogP contribution in [0.2, 0.25) is 0 Å². The zero-order valence-corrected chi connectivity index (χ0v) is 17.4. The average Bonchev–Trinajstić information content (AvgIpc) is 2.74. The van der Waals surface area contributed by atoms with Crippen LogP contribution in [0.15, 0.2) is 42.2 Å². The molecule has 2 heterocycles. The summed E-state index contributed by atoms with van der Waals surface area (Å²) in [5.74, 6) is 0.991. The SMILES string of the molecule is C=C(NC1=C(C)C(=O)NCC1)c1ccnc(-c2cc(O)c(OCC)c(OCC)c2)n1. The Morgan fingerprint density at radius 2 is 2.07 bits per heavy atom. The van der Waals surface area contributed by atoms with Gasteiger partial charge in [-0.1, -0.05) is 6.58 Å². The highest BCUT2D eigenvalue weighted by molar-refractivity contribution is 5.94. The lowest BCUT2D eigenvalue weighted by Gasteiger charge is -2.20. The molecule has 0 saturated carbocycles. The van der Waals surface area contributed by atoms with Crippen LogP contribution in [-0.4, -0.2) is 40.7 Å². The van der Waals surface area contributed by atoms with Crippen LogP contribution in [0.3, 0.4) is 0 Å². The monoisotopic (exact) mass is 410 g/mol. The van der Waals surface area contributed by atoms with Gasteiger partial charge in [-0.2, -0.15) is 0 Å². The van der Waals surface area contributed by atoms with E-state index in [0.29, 0.717) is 66.0 Å². The molecular weight excluding hydrogens is 384 g/mol. The number of hydrogen-bond donors (Lipinski definition) is 3. The van der Waals surface area contributed by atoms with Gasteiger partial charge in [-0.05, 0) is 39.0 Å². The maximum absolute atomic E-state index is 11.8. The van der Waals surface area contributed by atoms with Crippen molar-refractivity contribution in [2.75, 3.05) is 19.8 Å². The molecule has 0 unspecified atom stereocenters. The molecule has 8 heteroatoms. The normalized spacial score (nSPS) is 13.6. The molecule has 0 aliphatic carbocycles. The molecule has 1 amide bonds. The minimum absolute atomic E-state index is 0.0437. The molecule has 3 rings (SSSR count). The summed E-state index contributed by atoms with van der Waals surface area (Å²) in [6.45, 7) is 10.9. The Hall–Kier alpha value is -3.55. The van der Waals surface area contributed by atoms with E-state index in [9.17, 15) is 9.90 Å². The molecule has 0 bridgehead atoms. The van der Waals surface area contributed by atoms with Crippen molar-refractivity contribution in [1.29, 1.82) is 0 Å². The molecule has 1 aromatic carbocycles. The van der Waals surface area contributed by atoms with Crippen molar-refractivity contribution in [2.24, 2.45) is 0 Å². The van der Waals surface area contributed by atoms with Crippen molar-refractivity contribution in [1.82, 2.24) is 20.6 Å². The molecule has 0 saturated heterocycles. The summed E-state index contributed by atoms with van der Waals surface area (Å²) in [6.07, 6.45) is 2.31. The van der Waals surface area contributed by atoms with Crippen molar-refractivity contribution in [2.45, 2.75) is 27.2 Å². The molecule has 2 aromatic rings. The van der Waals surface area contributed by atoms with E-state index in [2.05, 4.69) is 27.2 Å². The van der Waals surface area contributed by atoms with Gasteiger partial charge in [-0.3, -0.25) is 4.79 Å². The lowest BCUT2D eigenvalue weighted by atomic mass is 10.1. The number of aromatic nitrogens is 2. The van der Waals surface area contributed by atoms with Crippen LogP contribution >= 0.6 is 0 Å². The molecule has 1 aliphatic heterocycles. The molecule has 0 spiro atoms. The zero-order valence-electron chi connectivity index (χ0n) is 17.4. The summed E-state index contributed by atoms with van der Waals surface area (Å²) >= 11 is 0. The van der Waals surface area contributed by atoms with Gasteiger partial charge in [0.25, 0.3) is 0 Å². The summed E-state index contributed by atoms with van der Waals surface area (Å²) in [4.78, 5) is 20.7. The van der Waals surface area contributed by atoms with Crippen LogP contribution in [0.4, 0.5) is 0 Å². The van der Waals surface area contributed by atoms with E-state index in [1.54, 1.807) is 31.3 Å². The average molecular weight is 410 g/mol. The van der Waals surface area contributed by atoms with Crippen molar-refractivity contribution in [3.05, 3.63) is 47.9 Å². The summed E-state index contributed by atoms with van der Waals surface area (Å²) in [6, 6.07) is 5.01. The fourth-order valence-electron chi connectivity index (χ4n) is 3.10. The molecule has 0 fully saturated rings. The first-order chi connectivity index (χ1) is 14.4. The van der Waals surface area contributed by atoms with E-state index in [0.717, 1.165) is 5.70 Å². The Labute approximate surface area is 175 Å². The fourth-order valence-corrected chi connectivity index (χ4v) is 3.10. The first-order valence-electron chi connectivity index (χ1n) is 9.84. The third kappa shape index (κ3) is 4.53. The largest absolute Gasteiger partial charge is 0.504 e. The van der Waals surface area contributed by atoms with Gasteiger partial charge in [0.2, 0.25) is 11.7 Å². The third-order valence-corrected chi connectivity index (χ3v) is 4.60. The number of amides is 1. The van der Waals surface area contributed by atoms with Crippen LogP contribution in [-0.2, 0) is 4.79 Å². The molecule has 1 aliphatic rings. The number of hydrogen-bond acceptors (Lipinski definition) is 7. The topological polar surface area (TPSA) is 106 Å². The van der Waals surface area contributed by atoms with Crippen LogP contribution in [0.25, 0.3) is 17.1 Å². The second kappa shape index (κ2) is 9.30. The van der Waals surface area contributed by atoms with Crippen molar-refractivity contribution < 1.29 is 19.4 Å². The Balaban J connectivity index is 1.91. The predicted octanol–water partition coefficient (Wildman–Crippen LogP) is 3.00. The fraction of sp³-hybridized carbons (Fsp3) is 0.318. The number of nitrogens with zero attached hydrogens (tertiary/aromatic N) is 2. The van der Waals surface area contributed by atoms with Gasteiger partial charge in [-0.15, -0.1) is 0 Å². The van der Waals surface area contributed by atoms with E-state index < -0.39 is 0 Å². The standard InChI is InChI=1S/C22H26N4O4/c1-5-29-19-12-15(11-18(27)20(19)30-6-2)21-23-9-8-17(26-21)14(4)25-16-7-10-24-22(28)13(16)3/h8-9,11-12,25,27H,4-7,10H2,1-3H3,(H,24,28). The highest BCUT2D eigenvalue weighted by atomic mass is 16.5. The van der Waals surface area contributed by atoms with E-state index in [1.165, 1.54) is 0 Å². The van der Waals surface area contributed by atoms with Crippen LogP contribution in [0, 0.1) is 0 Å². The quantitative estimate of drug-likeness (QED) is 0.614. The Morgan fingerprint density at radius 3 is 2.80 bits per heavy atom. The highest BCUT2D eigenvalue weighted by Gasteiger charge is 2.18. The molecular formula is C22H26N4O4. The Morgan fingerprint density at radius 1 is 1.30 bits per heavy atom. The first-order valence-corrected chi connectivity index (χ1v) is 9.84. The lowest BCUT2D eigenvalue weighted by Crippen LogP contribution is -2.34. The molecule has 30 heavy (non-hydrogen) atoms. The van der Waals surface area contributed by atoms with Crippen LogP contribution in [0.5, 0.6) is 17.2 Å². The molecule has 158 valence electrons. The summed E-state index contributed by atoms with van der Waals surface area (Å²) < 4.78 is 11.1. The van der Waals surface area contributed by atoms with Crippen LogP contribution in [0.1, 0.15) is 32.9 Å². The van der Waals surface area contributed by atoms with Gasteiger partial charge >= 0.3 is 0 Å². The van der Waals surface area contributed by atoms with Crippen molar-refractivity contribution >= 4 is 11.6 Å².